The Hall–Kier alpha value is -1.07. The summed E-state index contributed by atoms with van der Waals surface area (Å²) in [6.45, 7) is 0.270. The van der Waals surface area contributed by atoms with Crippen molar-refractivity contribution < 1.29 is 13.2 Å². The molecule has 0 bridgehead atoms. The first kappa shape index (κ1) is 11.4. The van der Waals surface area contributed by atoms with Crippen molar-refractivity contribution in [1.82, 2.24) is 4.90 Å². The highest BCUT2D eigenvalue weighted by Gasteiger charge is 2.44. The topological polar surface area (TPSA) is 29.3 Å². The quantitative estimate of drug-likeness (QED) is 0.840. The number of fused-ring (bicyclic) bond motifs is 1. The number of benzene rings is 1. The fourth-order valence-corrected chi connectivity index (χ4v) is 2.07. The molecule has 0 amide bonds. The Morgan fingerprint density at radius 1 is 1.19 bits per heavy atom. The van der Waals surface area contributed by atoms with E-state index >= 15 is 0 Å². The van der Waals surface area contributed by atoms with Gasteiger partial charge in [0.2, 0.25) is 0 Å². The van der Waals surface area contributed by atoms with Gasteiger partial charge in [0, 0.05) is 19.6 Å². The summed E-state index contributed by atoms with van der Waals surface area (Å²) >= 11 is 0. The molecular formula is C11H13F3N2. The van der Waals surface area contributed by atoms with E-state index in [1.807, 2.05) is 24.3 Å². The van der Waals surface area contributed by atoms with Gasteiger partial charge in [-0.25, -0.2) is 0 Å². The zero-order valence-electron chi connectivity index (χ0n) is 8.67. The maximum atomic E-state index is 12.7. The highest BCUT2D eigenvalue weighted by Crippen LogP contribution is 2.31. The Morgan fingerprint density at radius 2 is 1.69 bits per heavy atom. The van der Waals surface area contributed by atoms with Crippen LogP contribution in [0.5, 0.6) is 0 Å². The average Bonchev–Trinajstić information content (AvgIpc) is 2.59. The summed E-state index contributed by atoms with van der Waals surface area (Å²) in [5.41, 5.74) is 7.14. The summed E-state index contributed by atoms with van der Waals surface area (Å²) in [6, 6.07) is 5.86. The monoisotopic (exact) mass is 230 g/mol. The van der Waals surface area contributed by atoms with Gasteiger partial charge in [0.25, 0.3) is 0 Å². The van der Waals surface area contributed by atoms with Crippen LogP contribution in [-0.4, -0.2) is 23.7 Å². The molecule has 88 valence electrons. The molecular weight excluding hydrogens is 217 g/mol. The van der Waals surface area contributed by atoms with Gasteiger partial charge in [-0.05, 0) is 11.1 Å². The van der Waals surface area contributed by atoms with Crippen LogP contribution in [0, 0.1) is 0 Å². The number of hydrogen-bond acceptors (Lipinski definition) is 2. The minimum atomic E-state index is -4.25. The van der Waals surface area contributed by atoms with Crippen LogP contribution < -0.4 is 5.73 Å². The molecule has 0 aromatic heterocycles. The number of rotatable bonds is 2. The van der Waals surface area contributed by atoms with Crippen LogP contribution in [0.1, 0.15) is 11.1 Å². The van der Waals surface area contributed by atoms with E-state index < -0.39 is 18.8 Å². The summed E-state index contributed by atoms with van der Waals surface area (Å²) in [6.07, 6.45) is -4.25. The van der Waals surface area contributed by atoms with Crippen molar-refractivity contribution >= 4 is 0 Å². The summed E-state index contributed by atoms with van der Waals surface area (Å²) in [5, 5.41) is 0. The second kappa shape index (κ2) is 4.07. The summed E-state index contributed by atoms with van der Waals surface area (Å²) < 4.78 is 38.0. The third-order valence-electron chi connectivity index (χ3n) is 2.91. The van der Waals surface area contributed by atoms with Crippen molar-refractivity contribution in [2.75, 3.05) is 6.54 Å². The van der Waals surface area contributed by atoms with Crippen LogP contribution >= 0.6 is 0 Å². The molecule has 0 spiro atoms. The first-order valence-corrected chi connectivity index (χ1v) is 5.10. The molecule has 1 unspecified atom stereocenters. The van der Waals surface area contributed by atoms with E-state index in [-0.39, 0.29) is 0 Å². The second-order valence-electron chi connectivity index (χ2n) is 3.97. The van der Waals surface area contributed by atoms with Gasteiger partial charge >= 0.3 is 6.18 Å². The molecule has 0 radical (unpaired) electrons. The predicted molar refractivity (Wildman–Crippen MR) is 54.6 cm³/mol. The van der Waals surface area contributed by atoms with E-state index in [1.54, 1.807) is 0 Å². The normalized spacial score (nSPS) is 18.5. The molecule has 16 heavy (non-hydrogen) atoms. The Morgan fingerprint density at radius 3 is 2.06 bits per heavy atom. The largest absolute Gasteiger partial charge is 0.405 e. The van der Waals surface area contributed by atoms with Crippen LogP contribution in [0.15, 0.2) is 24.3 Å². The molecule has 2 N–H and O–H groups in total. The first-order chi connectivity index (χ1) is 7.52. The average molecular weight is 230 g/mol. The predicted octanol–water partition coefficient (Wildman–Crippen LogP) is 1.89. The maximum absolute atomic E-state index is 12.7. The van der Waals surface area contributed by atoms with E-state index in [2.05, 4.69) is 0 Å². The van der Waals surface area contributed by atoms with Crippen LogP contribution in [-0.2, 0) is 13.1 Å². The third-order valence-corrected chi connectivity index (χ3v) is 2.91. The molecule has 1 aliphatic heterocycles. The van der Waals surface area contributed by atoms with Crippen molar-refractivity contribution in [3.8, 4) is 0 Å². The maximum Gasteiger partial charge on any atom is 0.405 e. The van der Waals surface area contributed by atoms with E-state index in [4.69, 9.17) is 5.73 Å². The lowest BCUT2D eigenvalue weighted by atomic mass is 10.1. The Bertz CT molecular complexity index is 351. The number of alkyl halides is 3. The SMILES string of the molecule is NCC(N1Cc2ccccc2C1)C(F)(F)F. The zero-order valence-corrected chi connectivity index (χ0v) is 8.67. The fraction of sp³-hybridized carbons (Fsp3) is 0.455. The molecule has 1 aromatic carbocycles. The van der Waals surface area contributed by atoms with E-state index in [0.717, 1.165) is 11.1 Å². The Labute approximate surface area is 91.8 Å². The minimum Gasteiger partial charge on any atom is -0.329 e. The van der Waals surface area contributed by atoms with Crippen LogP contribution in [0.2, 0.25) is 0 Å². The number of nitrogens with two attached hydrogens (primary N) is 1. The lowest BCUT2D eigenvalue weighted by molar-refractivity contribution is -0.182. The molecule has 1 aromatic rings. The van der Waals surface area contributed by atoms with Gasteiger partial charge in [-0.3, -0.25) is 4.90 Å². The molecule has 0 saturated carbocycles. The van der Waals surface area contributed by atoms with E-state index in [9.17, 15) is 13.2 Å². The molecule has 1 heterocycles. The number of halogens is 3. The van der Waals surface area contributed by atoms with Gasteiger partial charge in [-0.2, -0.15) is 13.2 Å². The Kier molecular flexibility index (Phi) is 2.90. The van der Waals surface area contributed by atoms with Crippen molar-refractivity contribution in [3.05, 3.63) is 35.4 Å². The molecule has 2 rings (SSSR count). The molecule has 0 saturated heterocycles. The van der Waals surface area contributed by atoms with Crippen LogP contribution in [0.4, 0.5) is 13.2 Å². The fourth-order valence-electron chi connectivity index (χ4n) is 2.07. The summed E-state index contributed by atoms with van der Waals surface area (Å²) in [5.74, 6) is 0. The lowest BCUT2D eigenvalue weighted by Gasteiger charge is -2.28. The summed E-state index contributed by atoms with van der Waals surface area (Å²) in [7, 11) is 0. The van der Waals surface area contributed by atoms with Gasteiger partial charge in [0.1, 0.15) is 6.04 Å². The number of hydrogen-bond donors (Lipinski definition) is 1. The van der Waals surface area contributed by atoms with Crippen LogP contribution in [0.25, 0.3) is 0 Å². The molecule has 0 fully saturated rings. The Balaban J connectivity index is 2.16. The van der Waals surface area contributed by atoms with E-state index in [1.165, 1.54) is 4.90 Å². The summed E-state index contributed by atoms with van der Waals surface area (Å²) in [4.78, 5) is 1.38. The first-order valence-electron chi connectivity index (χ1n) is 5.10. The number of nitrogens with zero attached hydrogens (tertiary/aromatic N) is 1. The van der Waals surface area contributed by atoms with Gasteiger partial charge in [0.05, 0.1) is 0 Å². The minimum absolute atomic E-state index is 0.331. The van der Waals surface area contributed by atoms with Crippen molar-refractivity contribution in [2.24, 2.45) is 5.73 Å². The van der Waals surface area contributed by atoms with Gasteiger partial charge in [-0.15, -0.1) is 0 Å². The third kappa shape index (κ3) is 2.05. The molecule has 1 atom stereocenters. The zero-order chi connectivity index (χ0) is 11.8. The van der Waals surface area contributed by atoms with Gasteiger partial charge in [-0.1, -0.05) is 24.3 Å². The van der Waals surface area contributed by atoms with E-state index in [0.29, 0.717) is 13.1 Å². The van der Waals surface area contributed by atoms with Crippen molar-refractivity contribution in [1.29, 1.82) is 0 Å². The second-order valence-corrected chi connectivity index (χ2v) is 3.97. The lowest BCUT2D eigenvalue weighted by Crippen LogP contribution is -2.47. The van der Waals surface area contributed by atoms with Crippen LogP contribution in [0.3, 0.4) is 0 Å². The van der Waals surface area contributed by atoms with Gasteiger partial charge < -0.3 is 5.73 Å². The highest BCUT2D eigenvalue weighted by atomic mass is 19.4. The smallest absolute Gasteiger partial charge is 0.329 e. The van der Waals surface area contributed by atoms with Crippen molar-refractivity contribution in [3.63, 3.8) is 0 Å². The van der Waals surface area contributed by atoms with Crippen molar-refractivity contribution in [2.45, 2.75) is 25.3 Å². The molecule has 1 aliphatic rings. The van der Waals surface area contributed by atoms with Gasteiger partial charge in [0.15, 0.2) is 0 Å². The standard InChI is InChI=1S/C11H13F3N2/c12-11(13,14)10(5-15)16-6-8-3-1-2-4-9(8)7-16/h1-4,10H,5-7,15H2. The molecule has 0 aliphatic carbocycles. The molecule has 5 heteroatoms. The molecule has 2 nitrogen and oxygen atoms in total. The highest BCUT2D eigenvalue weighted by molar-refractivity contribution is 5.30.